The molecule has 0 aliphatic rings. The van der Waals surface area contributed by atoms with E-state index in [2.05, 4.69) is 5.32 Å². The lowest BCUT2D eigenvalue weighted by Crippen LogP contribution is -2.20. The smallest absolute Gasteiger partial charge is 0.134 e. The molecule has 0 aliphatic carbocycles. The summed E-state index contributed by atoms with van der Waals surface area (Å²) in [5, 5.41) is 18.1. The van der Waals surface area contributed by atoms with E-state index in [1.807, 2.05) is 41.1 Å². The van der Waals surface area contributed by atoms with Crippen LogP contribution in [0.3, 0.4) is 0 Å². The Kier molecular flexibility index (Phi) is 4.24. The molecule has 2 N–H and O–H groups in total. The average Bonchev–Trinajstić information content (AvgIpc) is 3.15. The molecule has 110 valence electrons. The van der Waals surface area contributed by atoms with Gasteiger partial charge in [0.15, 0.2) is 0 Å². The van der Waals surface area contributed by atoms with Crippen LogP contribution in [0, 0.1) is 0 Å². The maximum atomic E-state index is 9.99. The molecule has 21 heavy (non-hydrogen) atoms. The molecule has 3 aromatic rings. The maximum absolute atomic E-state index is 9.99. The topological polar surface area (TPSA) is 54.6 Å². The van der Waals surface area contributed by atoms with Crippen LogP contribution in [0.25, 0.3) is 11.0 Å². The van der Waals surface area contributed by atoms with E-state index in [-0.39, 0.29) is 0 Å². The lowest BCUT2D eigenvalue weighted by Gasteiger charge is -2.09. The second-order valence-electron chi connectivity index (χ2n) is 4.82. The third-order valence-corrected chi connectivity index (χ3v) is 4.04. The van der Waals surface area contributed by atoms with Gasteiger partial charge in [-0.3, -0.25) is 0 Å². The lowest BCUT2D eigenvalue weighted by molar-refractivity contribution is 0.174. The fraction of sp³-hybridized carbons (Fsp3) is 0.250. The van der Waals surface area contributed by atoms with E-state index in [0.29, 0.717) is 13.1 Å². The number of rotatable bonds is 6. The monoisotopic (exact) mass is 303 g/mol. The molecule has 0 saturated heterocycles. The lowest BCUT2D eigenvalue weighted by atomic mass is 10.2. The van der Waals surface area contributed by atoms with Crippen LogP contribution < -0.4 is 10.1 Å². The molecule has 0 spiro atoms. The van der Waals surface area contributed by atoms with Crippen LogP contribution in [0.2, 0.25) is 0 Å². The zero-order chi connectivity index (χ0) is 14.7. The number of benzene rings is 1. The van der Waals surface area contributed by atoms with Crippen molar-refractivity contribution >= 4 is 22.3 Å². The second kappa shape index (κ2) is 6.30. The fourth-order valence-corrected chi connectivity index (χ4v) is 2.91. The number of aliphatic hydroxyl groups is 1. The predicted molar refractivity (Wildman–Crippen MR) is 83.8 cm³/mol. The number of methoxy groups -OCH3 is 1. The van der Waals surface area contributed by atoms with Crippen LogP contribution >= 0.6 is 11.3 Å². The molecule has 1 aromatic carbocycles. The second-order valence-corrected chi connectivity index (χ2v) is 5.60. The van der Waals surface area contributed by atoms with Crippen LogP contribution in [-0.2, 0) is 6.54 Å². The summed E-state index contributed by atoms with van der Waals surface area (Å²) in [4.78, 5) is 0. The number of nitrogens with one attached hydrogen (secondary N) is 1. The van der Waals surface area contributed by atoms with E-state index >= 15 is 0 Å². The summed E-state index contributed by atoms with van der Waals surface area (Å²) in [5.74, 6) is 1.66. The van der Waals surface area contributed by atoms with Gasteiger partial charge in [0.25, 0.3) is 0 Å². The minimum Gasteiger partial charge on any atom is -0.497 e. The van der Waals surface area contributed by atoms with Gasteiger partial charge in [0.05, 0.1) is 19.8 Å². The van der Waals surface area contributed by atoms with E-state index in [0.717, 1.165) is 28.0 Å². The van der Waals surface area contributed by atoms with Gasteiger partial charge in [-0.05, 0) is 46.7 Å². The van der Waals surface area contributed by atoms with Crippen molar-refractivity contribution in [2.45, 2.75) is 12.6 Å². The van der Waals surface area contributed by atoms with Crippen molar-refractivity contribution in [1.82, 2.24) is 5.32 Å². The minimum absolute atomic E-state index is 0.485. The molecular weight excluding hydrogens is 286 g/mol. The van der Waals surface area contributed by atoms with E-state index in [9.17, 15) is 5.11 Å². The first kappa shape index (κ1) is 14.1. The van der Waals surface area contributed by atoms with Gasteiger partial charge in [0, 0.05) is 11.9 Å². The number of ether oxygens (including phenoxy) is 1. The molecule has 0 saturated carbocycles. The standard InChI is InChI=1S/C16H17NO3S/c1-19-13-2-3-16-12(6-13)7-14(20-16)8-17-9-15(18)11-4-5-21-10-11/h2-7,10,15,17-18H,8-9H2,1H3. The fourth-order valence-electron chi connectivity index (χ4n) is 2.21. The van der Waals surface area contributed by atoms with Gasteiger partial charge in [-0.15, -0.1) is 0 Å². The third-order valence-electron chi connectivity index (χ3n) is 3.34. The summed E-state index contributed by atoms with van der Waals surface area (Å²) in [7, 11) is 1.65. The molecule has 2 aromatic heterocycles. The van der Waals surface area contributed by atoms with E-state index in [1.165, 1.54) is 0 Å². The van der Waals surface area contributed by atoms with Crippen molar-refractivity contribution < 1.29 is 14.3 Å². The number of hydrogen-bond donors (Lipinski definition) is 2. The zero-order valence-electron chi connectivity index (χ0n) is 11.7. The van der Waals surface area contributed by atoms with Crippen LogP contribution in [0.4, 0.5) is 0 Å². The highest BCUT2D eigenvalue weighted by Crippen LogP contribution is 2.24. The average molecular weight is 303 g/mol. The van der Waals surface area contributed by atoms with Gasteiger partial charge < -0.3 is 19.6 Å². The third kappa shape index (κ3) is 3.26. The van der Waals surface area contributed by atoms with Crippen LogP contribution in [-0.4, -0.2) is 18.8 Å². The Labute approximate surface area is 127 Å². The molecule has 4 nitrogen and oxygen atoms in total. The summed E-state index contributed by atoms with van der Waals surface area (Å²) in [6.45, 7) is 1.08. The summed E-state index contributed by atoms with van der Waals surface area (Å²) in [6.07, 6.45) is -0.485. The van der Waals surface area contributed by atoms with E-state index in [4.69, 9.17) is 9.15 Å². The van der Waals surface area contributed by atoms with E-state index in [1.54, 1.807) is 18.4 Å². The molecule has 1 atom stereocenters. The predicted octanol–water partition coefficient (Wildman–Crippen LogP) is 3.33. The van der Waals surface area contributed by atoms with Crippen LogP contribution in [0.5, 0.6) is 5.75 Å². The largest absolute Gasteiger partial charge is 0.497 e. The Hall–Kier alpha value is -1.82. The minimum atomic E-state index is -0.485. The van der Waals surface area contributed by atoms with Crippen molar-refractivity contribution in [3.63, 3.8) is 0 Å². The molecule has 0 aliphatic heterocycles. The van der Waals surface area contributed by atoms with Crippen molar-refractivity contribution in [2.24, 2.45) is 0 Å². The van der Waals surface area contributed by atoms with Gasteiger partial charge in [-0.25, -0.2) is 0 Å². The van der Waals surface area contributed by atoms with Gasteiger partial charge in [0.2, 0.25) is 0 Å². The van der Waals surface area contributed by atoms with Crippen LogP contribution in [0.1, 0.15) is 17.4 Å². The molecular formula is C16H17NO3S. The van der Waals surface area contributed by atoms with Crippen molar-refractivity contribution in [1.29, 1.82) is 0 Å². The summed E-state index contributed by atoms with van der Waals surface area (Å²) < 4.78 is 10.9. The highest BCUT2D eigenvalue weighted by atomic mass is 32.1. The molecule has 0 fully saturated rings. The number of hydrogen-bond acceptors (Lipinski definition) is 5. The van der Waals surface area contributed by atoms with Gasteiger partial charge in [0.1, 0.15) is 17.1 Å². The summed E-state index contributed by atoms with van der Waals surface area (Å²) >= 11 is 1.59. The first-order chi connectivity index (χ1) is 10.3. The number of aliphatic hydroxyl groups excluding tert-OH is 1. The summed E-state index contributed by atoms with van der Waals surface area (Å²) in [6, 6.07) is 9.65. The molecule has 0 amide bonds. The molecule has 5 heteroatoms. The van der Waals surface area contributed by atoms with Crippen molar-refractivity contribution in [3.8, 4) is 5.75 Å². The number of fused-ring (bicyclic) bond motifs is 1. The Morgan fingerprint density at radius 1 is 1.33 bits per heavy atom. The van der Waals surface area contributed by atoms with E-state index < -0.39 is 6.10 Å². The van der Waals surface area contributed by atoms with Gasteiger partial charge >= 0.3 is 0 Å². The quantitative estimate of drug-likeness (QED) is 0.733. The maximum Gasteiger partial charge on any atom is 0.134 e. The normalized spacial score (nSPS) is 12.7. The molecule has 0 bridgehead atoms. The van der Waals surface area contributed by atoms with Gasteiger partial charge in [-0.2, -0.15) is 11.3 Å². The Bertz CT molecular complexity index is 705. The first-order valence-corrected chi connectivity index (χ1v) is 7.68. The van der Waals surface area contributed by atoms with Crippen molar-refractivity contribution in [2.75, 3.05) is 13.7 Å². The zero-order valence-corrected chi connectivity index (χ0v) is 12.5. The highest BCUT2D eigenvalue weighted by molar-refractivity contribution is 7.07. The molecule has 1 unspecified atom stereocenters. The Balaban J connectivity index is 1.60. The SMILES string of the molecule is COc1ccc2oc(CNCC(O)c3ccsc3)cc2c1. The highest BCUT2D eigenvalue weighted by Gasteiger charge is 2.09. The molecule has 2 heterocycles. The summed E-state index contributed by atoms with van der Waals surface area (Å²) in [5.41, 5.74) is 1.79. The Morgan fingerprint density at radius 3 is 3.00 bits per heavy atom. The Morgan fingerprint density at radius 2 is 2.24 bits per heavy atom. The van der Waals surface area contributed by atoms with Gasteiger partial charge in [-0.1, -0.05) is 0 Å². The number of thiophene rings is 1. The van der Waals surface area contributed by atoms with Crippen LogP contribution in [0.15, 0.2) is 45.5 Å². The number of furan rings is 1. The molecule has 0 radical (unpaired) electrons. The first-order valence-electron chi connectivity index (χ1n) is 6.73. The van der Waals surface area contributed by atoms with Crippen molar-refractivity contribution in [3.05, 3.63) is 52.4 Å². The molecule has 3 rings (SSSR count).